The minimum atomic E-state index is -3.67. The van der Waals surface area contributed by atoms with Crippen LogP contribution >= 0.6 is 0 Å². The highest BCUT2D eigenvalue weighted by atomic mass is 32.2. The summed E-state index contributed by atoms with van der Waals surface area (Å²) in [6, 6.07) is 13.2. The van der Waals surface area contributed by atoms with Crippen LogP contribution in [-0.4, -0.2) is 41.7 Å². The van der Waals surface area contributed by atoms with Crippen molar-refractivity contribution in [1.82, 2.24) is 0 Å². The summed E-state index contributed by atoms with van der Waals surface area (Å²) in [7, 11) is 1.83. The molecular formula is C29H47NO4S. The fraction of sp³-hybridized carbons (Fsp3) is 0.552. The number of benzene rings is 2. The molecule has 2 aromatic carbocycles. The standard InChI is InChI=1S/C27H39NO4S.2CH4/c1-6-8-16-27(20-29,17-9-7-2)21-33(30,31)26-15-12-24(28(3)4)19-23(26)18-22-10-13-25(32-5)14-11-22;;/h10-15,19-20H,6-9,16-18,21H2,1-5H3;2*1H4. The Labute approximate surface area is 214 Å². The summed E-state index contributed by atoms with van der Waals surface area (Å²) in [5.74, 6) is 0.622. The van der Waals surface area contributed by atoms with Crippen LogP contribution in [0, 0.1) is 5.41 Å². The summed E-state index contributed by atoms with van der Waals surface area (Å²) < 4.78 is 32.7. The largest absolute Gasteiger partial charge is 0.497 e. The first kappa shape index (κ1) is 32.7. The number of aldehydes is 1. The molecule has 0 aliphatic heterocycles. The van der Waals surface area contributed by atoms with Crippen molar-refractivity contribution in [2.24, 2.45) is 5.41 Å². The van der Waals surface area contributed by atoms with Crippen LogP contribution in [0.25, 0.3) is 0 Å². The summed E-state index contributed by atoms with van der Waals surface area (Å²) in [6.45, 7) is 4.13. The maximum atomic E-state index is 13.7. The second-order valence-corrected chi connectivity index (χ2v) is 11.1. The second kappa shape index (κ2) is 14.9. The van der Waals surface area contributed by atoms with E-state index >= 15 is 0 Å². The molecule has 0 aromatic heterocycles. The van der Waals surface area contributed by atoms with Crippen molar-refractivity contribution < 1.29 is 17.9 Å². The predicted octanol–water partition coefficient (Wildman–Crippen LogP) is 6.96. The fourth-order valence-electron chi connectivity index (χ4n) is 4.18. The van der Waals surface area contributed by atoms with E-state index in [1.807, 2.05) is 55.4 Å². The van der Waals surface area contributed by atoms with Gasteiger partial charge in [-0.1, -0.05) is 66.5 Å². The third kappa shape index (κ3) is 8.99. The van der Waals surface area contributed by atoms with E-state index in [9.17, 15) is 13.2 Å². The fourth-order valence-corrected chi connectivity index (χ4v) is 6.26. The molecule has 35 heavy (non-hydrogen) atoms. The van der Waals surface area contributed by atoms with Crippen LogP contribution < -0.4 is 9.64 Å². The Morgan fingerprint density at radius 3 is 1.97 bits per heavy atom. The van der Waals surface area contributed by atoms with Gasteiger partial charge in [0.1, 0.15) is 12.0 Å². The maximum absolute atomic E-state index is 13.7. The normalized spacial score (nSPS) is 11.2. The molecule has 0 radical (unpaired) electrons. The van der Waals surface area contributed by atoms with Crippen LogP contribution in [0.3, 0.4) is 0 Å². The SMILES string of the molecule is C.C.CCCCC(C=O)(CCCC)CS(=O)(=O)c1ccc(N(C)C)cc1Cc1ccc(OC)cc1. The number of sulfone groups is 1. The van der Waals surface area contributed by atoms with Crippen molar-refractivity contribution in [3.8, 4) is 5.75 Å². The van der Waals surface area contributed by atoms with Gasteiger partial charge in [-0.05, 0) is 60.7 Å². The Balaban J connectivity index is 0.00000578. The minimum Gasteiger partial charge on any atom is -0.497 e. The first-order valence-corrected chi connectivity index (χ1v) is 13.5. The lowest BCUT2D eigenvalue weighted by molar-refractivity contribution is -0.116. The lowest BCUT2D eigenvalue weighted by Gasteiger charge is -2.28. The molecule has 0 saturated carbocycles. The molecule has 0 atom stereocenters. The number of unbranched alkanes of at least 4 members (excludes halogenated alkanes) is 2. The third-order valence-electron chi connectivity index (χ3n) is 6.23. The second-order valence-electron chi connectivity index (χ2n) is 9.16. The molecule has 6 heteroatoms. The van der Waals surface area contributed by atoms with Gasteiger partial charge in [-0.15, -0.1) is 0 Å². The molecule has 0 heterocycles. The zero-order valence-corrected chi connectivity index (χ0v) is 21.6. The molecule has 0 fully saturated rings. The zero-order valence-electron chi connectivity index (χ0n) is 20.8. The minimum absolute atomic E-state index is 0. The molecule has 5 nitrogen and oxygen atoms in total. The summed E-state index contributed by atoms with van der Waals surface area (Å²) in [5.41, 5.74) is 1.86. The van der Waals surface area contributed by atoms with Gasteiger partial charge in [0.15, 0.2) is 9.84 Å². The van der Waals surface area contributed by atoms with Crippen LogP contribution in [0.1, 0.15) is 78.4 Å². The van der Waals surface area contributed by atoms with Crippen molar-refractivity contribution >= 4 is 21.8 Å². The predicted molar refractivity (Wildman–Crippen MR) is 150 cm³/mol. The molecule has 0 amide bonds. The Morgan fingerprint density at radius 1 is 0.943 bits per heavy atom. The highest BCUT2D eigenvalue weighted by Gasteiger charge is 2.36. The molecule has 0 spiro atoms. The van der Waals surface area contributed by atoms with Gasteiger partial charge in [0.2, 0.25) is 0 Å². The topological polar surface area (TPSA) is 63.7 Å². The molecule has 0 bridgehead atoms. The molecule has 0 aliphatic carbocycles. The lowest BCUT2D eigenvalue weighted by atomic mass is 9.81. The summed E-state index contributed by atoms with van der Waals surface area (Å²) in [6.07, 6.45) is 6.16. The van der Waals surface area contributed by atoms with Gasteiger partial charge in [0.05, 0.1) is 17.8 Å². The van der Waals surface area contributed by atoms with E-state index in [0.717, 1.165) is 54.5 Å². The molecule has 0 aliphatic rings. The van der Waals surface area contributed by atoms with Crippen LogP contribution in [0.5, 0.6) is 5.75 Å². The van der Waals surface area contributed by atoms with Crippen molar-refractivity contribution in [3.63, 3.8) is 0 Å². The van der Waals surface area contributed by atoms with Gasteiger partial charge in [-0.2, -0.15) is 0 Å². The van der Waals surface area contributed by atoms with Crippen LogP contribution in [0.4, 0.5) is 5.69 Å². The number of anilines is 1. The Hall–Kier alpha value is -2.34. The van der Waals surface area contributed by atoms with E-state index in [4.69, 9.17) is 4.74 Å². The number of nitrogens with zero attached hydrogens (tertiary/aromatic N) is 1. The molecular weight excluding hydrogens is 458 g/mol. The summed E-state index contributed by atoms with van der Waals surface area (Å²) in [5, 5.41) is 0. The van der Waals surface area contributed by atoms with Crippen molar-refractivity contribution in [3.05, 3.63) is 53.6 Å². The third-order valence-corrected chi connectivity index (χ3v) is 8.26. The first-order chi connectivity index (χ1) is 15.7. The maximum Gasteiger partial charge on any atom is 0.179 e. The Kier molecular flexibility index (Phi) is 13.9. The highest BCUT2D eigenvalue weighted by Crippen LogP contribution is 2.35. The van der Waals surface area contributed by atoms with E-state index < -0.39 is 15.3 Å². The number of ether oxygens (including phenoxy) is 1. The van der Waals surface area contributed by atoms with Gasteiger partial charge in [0, 0.05) is 25.2 Å². The van der Waals surface area contributed by atoms with Gasteiger partial charge < -0.3 is 14.4 Å². The number of hydrogen-bond acceptors (Lipinski definition) is 5. The highest BCUT2D eigenvalue weighted by molar-refractivity contribution is 7.91. The van der Waals surface area contributed by atoms with E-state index in [-0.39, 0.29) is 20.6 Å². The Morgan fingerprint density at radius 2 is 1.51 bits per heavy atom. The number of methoxy groups -OCH3 is 1. The Bertz CT molecular complexity index is 990. The molecule has 0 unspecified atom stereocenters. The molecule has 2 aromatic rings. The van der Waals surface area contributed by atoms with Gasteiger partial charge in [-0.25, -0.2) is 8.42 Å². The van der Waals surface area contributed by atoms with Crippen LogP contribution in [0.2, 0.25) is 0 Å². The average molecular weight is 506 g/mol. The average Bonchev–Trinajstić information content (AvgIpc) is 2.81. The summed E-state index contributed by atoms with van der Waals surface area (Å²) in [4.78, 5) is 14.5. The first-order valence-electron chi connectivity index (χ1n) is 11.8. The number of carbonyl (C=O) groups is 1. The number of hydrogen-bond donors (Lipinski definition) is 0. The van der Waals surface area contributed by atoms with Gasteiger partial charge in [0.25, 0.3) is 0 Å². The molecule has 0 saturated heterocycles. The van der Waals surface area contributed by atoms with E-state index in [1.165, 1.54) is 0 Å². The molecule has 2 rings (SSSR count). The van der Waals surface area contributed by atoms with Crippen LogP contribution in [0.15, 0.2) is 47.4 Å². The number of rotatable bonds is 14. The van der Waals surface area contributed by atoms with Crippen molar-refractivity contribution in [2.45, 2.75) is 78.5 Å². The summed E-state index contributed by atoms with van der Waals surface area (Å²) >= 11 is 0. The van der Waals surface area contributed by atoms with E-state index in [2.05, 4.69) is 13.8 Å². The molecule has 0 N–H and O–H groups in total. The van der Waals surface area contributed by atoms with Crippen molar-refractivity contribution in [2.75, 3.05) is 31.9 Å². The van der Waals surface area contributed by atoms with Gasteiger partial charge >= 0.3 is 0 Å². The zero-order chi connectivity index (χ0) is 24.5. The smallest absolute Gasteiger partial charge is 0.179 e. The number of carbonyl (C=O) groups excluding carboxylic acids is 1. The van der Waals surface area contributed by atoms with Crippen molar-refractivity contribution in [1.29, 1.82) is 0 Å². The quantitative estimate of drug-likeness (QED) is 0.260. The monoisotopic (exact) mass is 505 g/mol. The van der Waals surface area contributed by atoms with E-state index in [1.54, 1.807) is 13.2 Å². The van der Waals surface area contributed by atoms with Gasteiger partial charge in [-0.3, -0.25) is 0 Å². The van der Waals surface area contributed by atoms with E-state index in [0.29, 0.717) is 24.2 Å². The lowest BCUT2D eigenvalue weighted by Crippen LogP contribution is -2.32. The molecule has 198 valence electrons. The van der Waals surface area contributed by atoms with Crippen LogP contribution in [-0.2, 0) is 21.1 Å².